The standard InChI is InChI=1S/C29H49N3O8/c1-7-25(28(34)35)31(8-2)17-15-30(22-27(33)37-5)16-18-32(9-3)26(29(36)38-6)21-23-11-13-24(14-12-23)40-20-19-39-10-4/h11-14,25-26H,7-10,15-22H2,1-6H3,(H,34,35). The minimum Gasteiger partial charge on any atom is -0.491 e. The number of carbonyl (C=O) groups excluding carboxylic acids is 2. The van der Waals surface area contributed by atoms with E-state index in [9.17, 15) is 19.5 Å². The van der Waals surface area contributed by atoms with Crippen molar-refractivity contribution >= 4 is 17.9 Å². The summed E-state index contributed by atoms with van der Waals surface area (Å²) in [6.07, 6.45) is 0.947. The predicted molar refractivity (Wildman–Crippen MR) is 153 cm³/mol. The third kappa shape index (κ3) is 12.6. The first kappa shape index (κ1) is 35.3. The fraction of sp³-hybridized carbons (Fsp3) is 0.690. The number of hydrogen-bond donors (Lipinski definition) is 1. The van der Waals surface area contributed by atoms with Gasteiger partial charge in [-0.2, -0.15) is 0 Å². The van der Waals surface area contributed by atoms with Crippen molar-refractivity contribution in [3.63, 3.8) is 0 Å². The van der Waals surface area contributed by atoms with E-state index >= 15 is 0 Å². The molecule has 1 aromatic rings. The first-order valence-corrected chi connectivity index (χ1v) is 14.1. The van der Waals surface area contributed by atoms with Crippen LogP contribution in [0, 0.1) is 0 Å². The van der Waals surface area contributed by atoms with Gasteiger partial charge in [0, 0.05) is 32.8 Å². The van der Waals surface area contributed by atoms with Gasteiger partial charge < -0.3 is 24.1 Å². The van der Waals surface area contributed by atoms with Crippen molar-refractivity contribution in [3.05, 3.63) is 29.8 Å². The second-order valence-corrected chi connectivity index (χ2v) is 9.30. The quantitative estimate of drug-likeness (QED) is 0.164. The molecule has 1 N–H and O–H groups in total. The Kier molecular flexibility index (Phi) is 17.8. The molecule has 0 aromatic heterocycles. The van der Waals surface area contributed by atoms with Crippen molar-refractivity contribution < 1.29 is 38.4 Å². The van der Waals surface area contributed by atoms with E-state index in [1.165, 1.54) is 14.2 Å². The van der Waals surface area contributed by atoms with Gasteiger partial charge in [-0.3, -0.25) is 29.1 Å². The van der Waals surface area contributed by atoms with Crippen LogP contribution in [-0.4, -0.2) is 130 Å². The Morgan fingerprint density at radius 3 is 1.90 bits per heavy atom. The van der Waals surface area contributed by atoms with E-state index in [0.29, 0.717) is 71.9 Å². The number of rotatable bonds is 22. The molecule has 0 saturated carbocycles. The molecule has 0 amide bonds. The number of aliphatic carboxylic acids is 1. The molecule has 11 nitrogen and oxygen atoms in total. The SMILES string of the molecule is CCOCCOc1ccc(CC(C(=O)OC)N(CC)CCN(CCN(CC)C(CC)C(=O)O)CC(=O)OC)cc1. The highest BCUT2D eigenvalue weighted by Crippen LogP contribution is 2.16. The molecule has 0 radical (unpaired) electrons. The molecule has 0 bridgehead atoms. The van der Waals surface area contributed by atoms with E-state index < -0.39 is 18.1 Å². The van der Waals surface area contributed by atoms with E-state index in [0.717, 1.165) is 11.3 Å². The van der Waals surface area contributed by atoms with E-state index in [2.05, 4.69) is 0 Å². The van der Waals surface area contributed by atoms with Gasteiger partial charge in [-0.25, -0.2) is 0 Å². The van der Waals surface area contributed by atoms with Gasteiger partial charge in [-0.1, -0.05) is 32.9 Å². The molecule has 11 heteroatoms. The van der Waals surface area contributed by atoms with Gasteiger partial charge in [-0.05, 0) is 50.6 Å². The number of methoxy groups -OCH3 is 2. The van der Waals surface area contributed by atoms with E-state index in [4.69, 9.17) is 18.9 Å². The minimum atomic E-state index is -0.855. The lowest BCUT2D eigenvalue weighted by atomic mass is 10.0. The molecule has 0 fully saturated rings. The summed E-state index contributed by atoms with van der Waals surface area (Å²) in [5.74, 6) is -0.822. The molecule has 0 saturated heterocycles. The number of carboxylic acid groups (broad SMARTS) is 1. The smallest absolute Gasteiger partial charge is 0.323 e. The van der Waals surface area contributed by atoms with Gasteiger partial charge in [0.25, 0.3) is 0 Å². The fourth-order valence-corrected chi connectivity index (χ4v) is 4.52. The monoisotopic (exact) mass is 567 g/mol. The largest absolute Gasteiger partial charge is 0.491 e. The van der Waals surface area contributed by atoms with Gasteiger partial charge in [-0.15, -0.1) is 0 Å². The molecule has 0 aliphatic carbocycles. The van der Waals surface area contributed by atoms with Crippen LogP contribution >= 0.6 is 0 Å². The van der Waals surface area contributed by atoms with Crippen molar-refractivity contribution in [3.8, 4) is 5.75 Å². The lowest BCUT2D eigenvalue weighted by Crippen LogP contribution is -2.49. The molecule has 228 valence electrons. The van der Waals surface area contributed by atoms with E-state index in [1.54, 1.807) is 0 Å². The Bertz CT molecular complexity index is 867. The van der Waals surface area contributed by atoms with E-state index in [1.807, 2.05) is 66.7 Å². The lowest BCUT2D eigenvalue weighted by Gasteiger charge is -2.33. The lowest BCUT2D eigenvalue weighted by molar-refractivity contribution is -0.147. The second kappa shape index (κ2) is 20.2. The maximum atomic E-state index is 12.8. The Labute approximate surface area is 239 Å². The highest BCUT2D eigenvalue weighted by atomic mass is 16.5. The van der Waals surface area contributed by atoms with Crippen LogP contribution < -0.4 is 4.74 Å². The van der Waals surface area contributed by atoms with Crippen molar-refractivity contribution in [2.24, 2.45) is 0 Å². The Hall–Kier alpha value is -2.73. The number of hydrogen-bond acceptors (Lipinski definition) is 10. The summed E-state index contributed by atoms with van der Waals surface area (Å²) in [6.45, 7) is 12.6. The van der Waals surface area contributed by atoms with Crippen molar-refractivity contribution in [2.45, 2.75) is 52.6 Å². The van der Waals surface area contributed by atoms with Gasteiger partial charge in [0.15, 0.2) is 0 Å². The summed E-state index contributed by atoms with van der Waals surface area (Å²) >= 11 is 0. The maximum Gasteiger partial charge on any atom is 0.323 e. The van der Waals surface area contributed by atoms with E-state index in [-0.39, 0.29) is 18.5 Å². The molecular formula is C29H49N3O8. The van der Waals surface area contributed by atoms with Gasteiger partial charge in [0.2, 0.25) is 0 Å². The number of benzene rings is 1. The van der Waals surface area contributed by atoms with Crippen molar-refractivity contribution in [1.82, 2.24) is 14.7 Å². The third-order valence-electron chi connectivity index (χ3n) is 6.88. The molecule has 0 spiro atoms. The number of ether oxygens (including phenoxy) is 4. The minimum absolute atomic E-state index is 0.0725. The first-order valence-electron chi connectivity index (χ1n) is 14.1. The van der Waals surface area contributed by atoms with Gasteiger partial charge in [0.05, 0.1) is 27.4 Å². The number of carboxylic acids is 1. The zero-order valence-electron chi connectivity index (χ0n) is 25.1. The highest BCUT2D eigenvalue weighted by Gasteiger charge is 2.28. The van der Waals surface area contributed by atoms with Crippen LogP contribution in [0.1, 0.15) is 39.7 Å². The molecule has 1 rings (SSSR count). The summed E-state index contributed by atoms with van der Waals surface area (Å²) in [7, 11) is 2.73. The molecule has 0 aliphatic heterocycles. The molecule has 0 aliphatic rings. The summed E-state index contributed by atoms with van der Waals surface area (Å²) in [6, 6.07) is 6.55. The average molecular weight is 568 g/mol. The molecule has 2 atom stereocenters. The van der Waals surface area contributed by atoms with Crippen LogP contribution in [0.5, 0.6) is 5.75 Å². The van der Waals surface area contributed by atoms with Crippen LogP contribution in [0.2, 0.25) is 0 Å². The number of esters is 2. The Morgan fingerprint density at radius 2 is 1.43 bits per heavy atom. The highest BCUT2D eigenvalue weighted by molar-refractivity contribution is 5.76. The summed E-state index contributed by atoms with van der Waals surface area (Å²) in [5.41, 5.74) is 0.968. The zero-order chi connectivity index (χ0) is 29.9. The molecule has 40 heavy (non-hydrogen) atoms. The molecule has 1 aromatic carbocycles. The molecular weight excluding hydrogens is 518 g/mol. The predicted octanol–water partition coefficient (Wildman–Crippen LogP) is 2.17. The number of nitrogens with zero attached hydrogens (tertiary/aromatic N) is 3. The van der Waals surface area contributed by atoms with Gasteiger partial charge >= 0.3 is 17.9 Å². The normalized spacial score (nSPS) is 12.9. The van der Waals surface area contributed by atoms with Gasteiger partial charge in [0.1, 0.15) is 24.4 Å². The Balaban J connectivity index is 2.92. The Morgan fingerprint density at radius 1 is 0.825 bits per heavy atom. The van der Waals surface area contributed by atoms with Crippen LogP contribution in [0.25, 0.3) is 0 Å². The summed E-state index contributed by atoms with van der Waals surface area (Å²) < 4.78 is 21.0. The first-order chi connectivity index (χ1) is 19.2. The zero-order valence-corrected chi connectivity index (χ0v) is 25.1. The fourth-order valence-electron chi connectivity index (χ4n) is 4.52. The number of likely N-dealkylation sites (N-methyl/N-ethyl adjacent to an activating group) is 2. The van der Waals surface area contributed by atoms with Crippen LogP contribution in [0.3, 0.4) is 0 Å². The summed E-state index contributed by atoms with van der Waals surface area (Å²) in [4.78, 5) is 42.5. The second-order valence-electron chi connectivity index (χ2n) is 9.30. The molecule has 2 unspecified atom stereocenters. The summed E-state index contributed by atoms with van der Waals surface area (Å²) in [5, 5.41) is 9.57. The van der Waals surface area contributed by atoms with Crippen molar-refractivity contribution in [2.75, 3.05) is 79.9 Å². The average Bonchev–Trinajstić information content (AvgIpc) is 2.96. The van der Waals surface area contributed by atoms with Crippen LogP contribution in [-0.2, 0) is 35.0 Å². The molecule has 0 heterocycles. The number of carbonyl (C=O) groups is 3. The van der Waals surface area contributed by atoms with Crippen molar-refractivity contribution in [1.29, 1.82) is 0 Å². The topological polar surface area (TPSA) is 118 Å². The van der Waals surface area contributed by atoms with Crippen LogP contribution in [0.15, 0.2) is 24.3 Å². The van der Waals surface area contributed by atoms with Crippen LogP contribution in [0.4, 0.5) is 0 Å². The third-order valence-corrected chi connectivity index (χ3v) is 6.88. The maximum absolute atomic E-state index is 12.8.